The maximum atomic E-state index is 12.1. The second-order valence-corrected chi connectivity index (χ2v) is 4.10. The van der Waals surface area contributed by atoms with Crippen LogP contribution in [-0.2, 0) is 4.74 Å². The molecule has 2 rings (SSSR count). The monoisotopic (exact) mass is 274 g/mol. The van der Waals surface area contributed by atoms with Crippen LogP contribution in [0.2, 0.25) is 0 Å². The fourth-order valence-electron chi connectivity index (χ4n) is 1.81. The van der Waals surface area contributed by atoms with E-state index in [4.69, 9.17) is 4.74 Å². The number of nitrogens with zero attached hydrogens (tertiary/aromatic N) is 2. The van der Waals surface area contributed by atoms with Crippen molar-refractivity contribution in [3.63, 3.8) is 0 Å². The molecule has 1 aromatic carbocycles. The molecule has 20 heavy (non-hydrogen) atoms. The van der Waals surface area contributed by atoms with E-state index in [-0.39, 0.29) is 23.7 Å². The van der Waals surface area contributed by atoms with Gasteiger partial charge in [-0.25, -0.2) is 9.80 Å². The van der Waals surface area contributed by atoms with Gasteiger partial charge in [0.2, 0.25) is 0 Å². The number of hydrogen-bond donors (Lipinski definition) is 1. The van der Waals surface area contributed by atoms with E-state index in [0.717, 1.165) is 11.2 Å². The number of ether oxygens (including phenoxy) is 1. The highest BCUT2D eigenvalue weighted by molar-refractivity contribution is 6.30. The normalized spacial score (nSPS) is 13.8. The predicted molar refractivity (Wildman–Crippen MR) is 73.6 cm³/mol. The van der Waals surface area contributed by atoms with Crippen LogP contribution in [0.15, 0.2) is 34.9 Å². The van der Waals surface area contributed by atoms with E-state index in [0.29, 0.717) is 11.1 Å². The molecule has 1 amide bonds. The molecule has 1 aliphatic carbocycles. The molecule has 6 heteroatoms. The van der Waals surface area contributed by atoms with Crippen molar-refractivity contribution in [3.05, 3.63) is 41.0 Å². The summed E-state index contributed by atoms with van der Waals surface area (Å²) in [7, 11) is 1.40. The minimum Gasteiger partial charge on any atom is -0.506 e. The lowest BCUT2D eigenvalue weighted by atomic mass is 10.1. The van der Waals surface area contributed by atoms with Crippen molar-refractivity contribution >= 4 is 23.9 Å². The molecule has 1 aliphatic rings. The van der Waals surface area contributed by atoms with Crippen molar-refractivity contribution in [1.82, 2.24) is 5.01 Å². The Morgan fingerprint density at radius 2 is 2.05 bits per heavy atom. The molecular formula is C14H14N2O4. The number of carbonyl (C=O) groups is 2. The Kier molecular flexibility index (Phi) is 3.84. The molecule has 0 saturated carbocycles. The van der Waals surface area contributed by atoms with E-state index in [1.165, 1.54) is 7.05 Å². The summed E-state index contributed by atoms with van der Waals surface area (Å²) in [6.45, 7) is 1.91. The summed E-state index contributed by atoms with van der Waals surface area (Å²) in [5.74, 6) is -0.453. The number of carbonyl (C=O) groups excluding carboxylic acids is 2. The van der Waals surface area contributed by atoms with Crippen LogP contribution < -0.4 is 0 Å². The molecule has 0 aliphatic heterocycles. The molecule has 0 spiro atoms. The third-order valence-electron chi connectivity index (χ3n) is 2.82. The van der Waals surface area contributed by atoms with E-state index in [1.54, 1.807) is 31.2 Å². The SMILES string of the molecule is CCOC(=O)N(C)/N=C/C1=C(O)c2ccccc2C1=O. The number of hydrogen-bond acceptors (Lipinski definition) is 5. The molecule has 0 aromatic heterocycles. The summed E-state index contributed by atoms with van der Waals surface area (Å²) < 4.78 is 4.74. The first-order chi connectivity index (χ1) is 9.56. The van der Waals surface area contributed by atoms with Crippen LogP contribution in [0.1, 0.15) is 22.8 Å². The van der Waals surface area contributed by atoms with E-state index in [2.05, 4.69) is 5.10 Å². The van der Waals surface area contributed by atoms with Crippen molar-refractivity contribution in [1.29, 1.82) is 0 Å². The zero-order valence-corrected chi connectivity index (χ0v) is 11.2. The predicted octanol–water partition coefficient (Wildman–Crippen LogP) is 2.23. The summed E-state index contributed by atoms with van der Waals surface area (Å²) in [6.07, 6.45) is 0.529. The van der Waals surface area contributed by atoms with Gasteiger partial charge >= 0.3 is 6.09 Å². The number of amides is 1. The summed E-state index contributed by atoms with van der Waals surface area (Å²) in [5, 5.41) is 14.8. The number of allylic oxidation sites excluding steroid dienone is 1. The van der Waals surface area contributed by atoms with Gasteiger partial charge in [0.15, 0.2) is 5.78 Å². The van der Waals surface area contributed by atoms with E-state index in [9.17, 15) is 14.7 Å². The fourth-order valence-corrected chi connectivity index (χ4v) is 1.81. The Labute approximate surface area is 116 Å². The van der Waals surface area contributed by atoms with Crippen LogP contribution in [-0.4, -0.2) is 41.9 Å². The average Bonchev–Trinajstić information content (AvgIpc) is 2.69. The van der Waals surface area contributed by atoms with Gasteiger partial charge in [-0.05, 0) is 6.92 Å². The number of hydrazone groups is 1. The van der Waals surface area contributed by atoms with Crippen LogP contribution in [0.4, 0.5) is 4.79 Å². The number of fused-ring (bicyclic) bond motifs is 1. The number of benzene rings is 1. The number of aliphatic hydroxyl groups excluding tert-OH is 1. The molecule has 0 unspecified atom stereocenters. The Balaban J connectivity index is 2.21. The highest BCUT2D eigenvalue weighted by atomic mass is 16.6. The van der Waals surface area contributed by atoms with Gasteiger partial charge in [-0.15, -0.1) is 0 Å². The van der Waals surface area contributed by atoms with E-state index in [1.807, 2.05) is 0 Å². The van der Waals surface area contributed by atoms with Gasteiger partial charge in [-0.1, -0.05) is 24.3 Å². The first-order valence-corrected chi connectivity index (χ1v) is 6.08. The molecule has 104 valence electrons. The zero-order chi connectivity index (χ0) is 14.7. The van der Waals surface area contributed by atoms with Crippen LogP contribution in [0.25, 0.3) is 5.76 Å². The van der Waals surface area contributed by atoms with Crippen LogP contribution >= 0.6 is 0 Å². The second-order valence-electron chi connectivity index (χ2n) is 4.10. The minimum absolute atomic E-state index is 0.0577. The highest BCUT2D eigenvalue weighted by Crippen LogP contribution is 2.29. The van der Waals surface area contributed by atoms with Gasteiger partial charge < -0.3 is 9.84 Å². The molecular weight excluding hydrogens is 260 g/mol. The van der Waals surface area contributed by atoms with Gasteiger partial charge in [0.25, 0.3) is 0 Å². The van der Waals surface area contributed by atoms with Gasteiger partial charge in [0.05, 0.1) is 18.4 Å². The largest absolute Gasteiger partial charge is 0.506 e. The van der Waals surface area contributed by atoms with Crippen LogP contribution in [0.3, 0.4) is 0 Å². The molecule has 1 aromatic rings. The van der Waals surface area contributed by atoms with Gasteiger partial charge in [0.1, 0.15) is 5.76 Å². The van der Waals surface area contributed by atoms with Gasteiger partial charge in [-0.3, -0.25) is 4.79 Å². The maximum absolute atomic E-state index is 12.1. The van der Waals surface area contributed by atoms with Crippen molar-refractivity contribution in [3.8, 4) is 0 Å². The van der Waals surface area contributed by atoms with Crippen molar-refractivity contribution in [2.45, 2.75) is 6.92 Å². The van der Waals surface area contributed by atoms with Crippen LogP contribution in [0, 0.1) is 0 Å². The number of Topliss-reactive ketones (excluding diaryl/α,β-unsaturated/α-hetero) is 1. The third-order valence-corrected chi connectivity index (χ3v) is 2.82. The van der Waals surface area contributed by atoms with Crippen molar-refractivity contribution in [2.75, 3.05) is 13.7 Å². The number of ketones is 1. The quantitative estimate of drug-likeness (QED) is 0.677. The Morgan fingerprint density at radius 1 is 1.40 bits per heavy atom. The van der Waals surface area contributed by atoms with Crippen LogP contribution in [0.5, 0.6) is 0 Å². The summed E-state index contributed by atoms with van der Waals surface area (Å²) in [6, 6.07) is 6.73. The molecule has 0 atom stereocenters. The van der Waals surface area contributed by atoms with Crippen molar-refractivity contribution in [2.24, 2.45) is 5.10 Å². The lowest BCUT2D eigenvalue weighted by Crippen LogP contribution is -2.22. The average molecular weight is 274 g/mol. The second kappa shape index (κ2) is 5.56. The molecule has 6 nitrogen and oxygen atoms in total. The van der Waals surface area contributed by atoms with Gasteiger partial charge in [-0.2, -0.15) is 5.10 Å². The third kappa shape index (κ3) is 2.40. The Bertz CT molecular complexity index is 619. The topological polar surface area (TPSA) is 79.2 Å². The summed E-state index contributed by atoms with van der Waals surface area (Å²) in [5.41, 5.74) is 0.949. The number of rotatable bonds is 3. The maximum Gasteiger partial charge on any atom is 0.430 e. The highest BCUT2D eigenvalue weighted by Gasteiger charge is 2.28. The first-order valence-electron chi connectivity index (χ1n) is 6.08. The standard InChI is InChI=1S/C14H14N2O4/c1-3-20-14(19)16(2)15-8-11-12(17)9-6-4-5-7-10(9)13(11)18/h4-8,17H,3H2,1-2H3/b15-8+. The van der Waals surface area contributed by atoms with Gasteiger partial charge in [0, 0.05) is 18.2 Å². The Morgan fingerprint density at radius 3 is 2.65 bits per heavy atom. The lowest BCUT2D eigenvalue weighted by molar-refractivity contribution is 0.104. The summed E-state index contributed by atoms with van der Waals surface area (Å²) >= 11 is 0. The van der Waals surface area contributed by atoms with E-state index >= 15 is 0 Å². The number of aliphatic hydroxyl groups is 1. The first kappa shape index (κ1) is 13.8. The van der Waals surface area contributed by atoms with Crippen molar-refractivity contribution < 1.29 is 19.4 Å². The molecule has 0 radical (unpaired) electrons. The molecule has 1 N–H and O–H groups in total. The molecule has 0 heterocycles. The Hall–Kier alpha value is -2.63. The molecule has 0 fully saturated rings. The van der Waals surface area contributed by atoms with E-state index < -0.39 is 6.09 Å². The molecule has 0 saturated heterocycles. The lowest BCUT2D eigenvalue weighted by Gasteiger charge is -2.09. The zero-order valence-electron chi connectivity index (χ0n) is 11.2. The summed E-state index contributed by atoms with van der Waals surface area (Å²) in [4.78, 5) is 23.4. The fraction of sp³-hybridized carbons (Fsp3) is 0.214. The molecule has 0 bridgehead atoms. The smallest absolute Gasteiger partial charge is 0.430 e. The minimum atomic E-state index is -0.633.